The van der Waals surface area contributed by atoms with Gasteiger partial charge in [0.25, 0.3) is 0 Å². The Labute approximate surface area is 218 Å². The van der Waals surface area contributed by atoms with Crippen molar-refractivity contribution in [1.29, 1.82) is 0 Å². The fourth-order valence-corrected chi connectivity index (χ4v) is 6.44. The molecular weight excluding hydrogens is 464 g/mol. The number of hydrogen-bond acceptors (Lipinski definition) is 3. The lowest BCUT2D eigenvalue weighted by Gasteiger charge is -2.40. The number of rotatable bonds is 4. The first-order valence-corrected chi connectivity index (χ1v) is 16.3. The summed E-state index contributed by atoms with van der Waals surface area (Å²) >= 11 is 0. The Hall–Kier alpha value is -2.31. The van der Waals surface area contributed by atoms with Crippen LogP contribution in [0, 0.1) is 0 Å². The van der Waals surface area contributed by atoms with E-state index in [1.54, 1.807) is 0 Å². The van der Waals surface area contributed by atoms with E-state index in [1.807, 2.05) is 12.1 Å². The number of ether oxygens (including phenoxy) is 1. The molecule has 2 N–H and O–H groups in total. The highest BCUT2D eigenvalue weighted by Gasteiger charge is 2.40. The Morgan fingerprint density at radius 3 is 2.44 bits per heavy atom. The molecule has 2 amide bonds. The SMILES string of the molecule is CC(C)(C)c1cccc2c1OCCC2NC(=O)Nc1cccc2c1CC(O[Si](C)(C)C(C)(C)C)CC2. The van der Waals surface area contributed by atoms with Gasteiger partial charge < -0.3 is 19.8 Å². The molecule has 2 unspecified atom stereocenters. The van der Waals surface area contributed by atoms with Gasteiger partial charge in [-0.05, 0) is 65.6 Å². The average molecular weight is 509 g/mol. The monoisotopic (exact) mass is 508 g/mol. The first kappa shape index (κ1) is 26.7. The van der Waals surface area contributed by atoms with Gasteiger partial charge in [-0.15, -0.1) is 0 Å². The maximum atomic E-state index is 13.2. The molecule has 2 atom stereocenters. The smallest absolute Gasteiger partial charge is 0.319 e. The zero-order chi connectivity index (χ0) is 26.3. The van der Waals surface area contributed by atoms with Crippen molar-refractivity contribution in [3.8, 4) is 5.75 Å². The summed E-state index contributed by atoms with van der Waals surface area (Å²) in [6.07, 6.45) is 3.80. The first-order chi connectivity index (χ1) is 16.8. The van der Waals surface area contributed by atoms with Crippen LogP contribution in [0.1, 0.15) is 82.7 Å². The molecule has 0 spiro atoms. The summed E-state index contributed by atoms with van der Waals surface area (Å²) in [6.45, 7) is 18.7. The Bertz CT molecular complexity index is 1110. The molecule has 0 radical (unpaired) electrons. The van der Waals surface area contributed by atoms with Gasteiger partial charge in [0.1, 0.15) is 5.75 Å². The Morgan fingerprint density at radius 1 is 1.03 bits per heavy atom. The van der Waals surface area contributed by atoms with Crippen molar-refractivity contribution in [3.63, 3.8) is 0 Å². The number of urea groups is 1. The quantitative estimate of drug-likeness (QED) is 0.420. The van der Waals surface area contributed by atoms with Gasteiger partial charge in [-0.3, -0.25) is 0 Å². The lowest BCUT2D eigenvalue weighted by molar-refractivity contribution is 0.165. The van der Waals surface area contributed by atoms with E-state index in [0.29, 0.717) is 6.61 Å². The molecule has 0 bridgehead atoms. The maximum absolute atomic E-state index is 13.2. The largest absolute Gasteiger partial charge is 0.493 e. The molecule has 2 aromatic rings. The Morgan fingerprint density at radius 2 is 1.75 bits per heavy atom. The number of benzene rings is 2. The van der Waals surface area contributed by atoms with Gasteiger partial charge in [0.15, 0.2) is 8.32 Å². The highest BCUT2D eigenvalue weighted by molar-refractivity contribution is 6.74. The number of anilines is 1. The van der Waals surface area contributed by atoms with E-state index in [2.05, 4.69) is 89.5 Å². The van der Waals surface area contributed by atoms with Gasteiger partial charge >= 0.3 is 6.03 Å². The van der Waals surface area contributed by atoms with Crippen LogP contribution in [0.2, 0.25) is 18.1 Å². The number of carbonyl (C=O) groups is 1. The van der Waals surface area contributed by atoms with Crippen molar-refractivity contribution in [2.45, 2.75) is 103 Å². The normalized spacial score (nSPS) is 20.1. The van der Waals surface area contributed by atoms with Gasteiger partial charge in [0, 0.05) is 23.8 Å². The van der Waals surface area contributed by atoms with Crippen LogP contribution < -0.4 is 15.4 Å². The molecule has 1 aliphatic carbocycles. The molecule has 1 heterocycles. The van der Waals surface area contributed by atoms with Crippen molar-refractivity contribution < 1.29 is 14.0 Å². The number of aryl methyl sites for hydroxylation is 1. The fourth-order valence-electron chi connectivity index (χ4n) is 5.05. The predicted octanol–water partition coefficient (Wildman–Crippen LogP) is 7.51. The van der Waals surface area contributed by atoms with E-state index in [-0.39, 0.29) is 28.6 Å². The lowest BCUT2D eigenvalue weighted by atomic mass is 9.83. The molecule has 196 valence electrons. The molecule has 2 aromatic carbocycles. The fraction of sp³-hybridized carbons (Fsp3) is 0.567. The van der Waals surface area contributed by atoms with Crippen LogP contribution in [-0.4, -0.2) is 27.1 Å². The van der Waals surface area contributed by atoms with Crippen LogP contribution in [0.25, 0.3) is 0 Å². The van der Waals surface area contributed by atoms with Crippen molar-refractivity contribution in [3.05, 3.63) is 58.7 Å². The van der Waals surface area contributed by atoms with Crippen LogP contribution in [0.3, 0.4) is 0 Å². The molecule has 0 aromatic heterocycles. The van der Waals surface area contributed by atoms with E-state index in [1.165, 1.54) is 16.7 Å². The molecular formula is C30H44N2O3Si. The third-order valence-electron chi connectivity index (χ3n) is 8.14. The third-order valence-corrected chi connectivity index (χ3v) is 12.7. The second kappa shape index (κ2) is 9.86. The number of fused-ring (bicyclic) bond motifs is 2. The molecule has 0 saturated heterocycles. The summed E-state index contributed by atoms with van der Waals surface area (Å²) < 4.78 is 12.8. The average Bonchev–Trinajstić information content (AvgIpc) is 2.77. The van der Waals surface area contributed by atoms with Gasteiger partial charge in [0.05, 0.1) is 12.6 Å². The highest BCUT2D eigenvalue weighted by Crippen LogP contribution is 2.41. The minimum Gasteiger partial charge on any atom is -0.493 e. The standard InChI is InChI=1S/C30H44N2O3Si/c1-29(2,3)24-13-10-12-22-26(17-18-34-27(22)24)32-28(33)31-25-14-9-11-20-15-16-21(19-23(20)25)35-36(7,8)30(4,5)6/h9-14,21,26H,15-19H2,1-8H3,(H2,31,32,33). The number of hydrogen-bond donors (Lipinski definition) is 2. The Kier molecular flexibility index (Phi) is 7.33. The van der Waals surface area contributed by atoms with E-state index in [9.17, 15) is 4.79 Å². The van der Waals surface area contributed by atoms with Crippen LogP contribution in [0.4, 0.5) is 10.5 Å². The summed E-state index contributed by atoms with van der Waals surface area (Å²) in [5, 5.41) is 6.57. The molecule has 5 nitrogen and oxygen atoms in total. The lowest BCUT2D eigenvalue weighted by Crippen LogP contribution is -2.45. The van der Waals surface area contributed by atoms with Gasteiger partial charge in [-0.2, -0.15) is 0 Å². The molecule has 6 heteroatoms. The maximum Gasteiger partial charge on any atom is 0.319 e. The molecule has 1 aliphatic heterocycles. The summed E-state index contributed by atoms with van der Waals surface area (Å²) in [5.41, 5.74) is 5.63. The van der Waals surface area contributed by atoms with E-state index < -0.39 is 8.32 Å². The third kappa shape index (κ3) is 5.65. The van der Waals surface area contributed by atoms with Crippen LogP contribution >= 0.6 is 0 Å². The van der Waals surface area contributed by atoms with Crippen LogP contribution in [0.5, 0.6) is 5.75 Å². The number of nitrogens with one attached hydrogen (secondary N) is 2. The number of amides is 2. The van der Waals surface area contributed by atoms with Crippen molar-refractivity contribution in [1.82, 2.24) is 5.32 Å². The van der Waals surface area contributed by atoms with E-state index in [4.69, 9.17) is 9.16 Å². The van der Waals surface area contributed by atoms with Gasteiger partial charge in [-0.25, -0.2) is 4.79 Å². The van der Waals surface area contributed by atoms with Crippen molar-refractivity contribution >= 4 is 20.0 Å². The second-order valence-corrected chi connectivity index (χ2v) is 17.7. The summed E-state index contributed by atoms with van der Waals surface area (Å²) in [4.78, 5) is 13.2. The van der Waals surface area contributed by atoms with Crippen LogP contribution in [-0.2, 0) is 22.7 Å². The summed E-state index contributed by atoms with van der Waals surface area (Å²) in [5.74, 6) is 0.921. The van der Waals surface area contributed by atoms with Crippen LogP contribution in [0.15, 0.2) is 36.4 Å². The predicted molar refractivity (Wildman–Crippen MR) is 151 cm³/mol. The number of carbonyl (C=O) groups excluding carboxylic acids is 1. The summed E-state index contributed by atoms with van der Waals surface area (Å²) in [6, 6.07) is 12.3. The van der Waals surface area contributed by atoms with Gasteiger partial charge in [-0.1, -0.05) is 71.9 Å². The highest BCUT2D eigenvalue weighted by atomic mass is 28.4. The van der Waals surface area contributed by atoms with Gasteiger partial charge in [0.2, 0.25) is 0 Å². The molecule has 2 aliphatic rings. The zero-order valence-corrected chi connectivity index (χ0v) is 24.4. The first-order valence-electron chi connectivity index (χ1n) is 13.4. The Balaban J connectivity index is 1.49. The van der Waals surface area contributed by atoms with Crippen molar-refractivity contribution in [2.75, 3.05) is 11.9 Å². The topological polar surface area (TPSA) is 59.6 Å². The second-order valence-electron chi connectivity index (χ2n) is 12.9. The summed E-state index contributed by atoms with van der Waals surface area (Å²) in [7, 11) is -1.86. The minimum absolute atomic E-state index is 0.0262. The molecule has 0 fully saturated rings. The molecule has 36 heavy (non-hydrogen) atoms. The zero-order valence-electron chi connectivity index (χ0n) is 23.4. The number of para-hydroxylation sites is 1. The minimum atomic E-state index is -1.86. The van der Waals surface area contributed by atoms with E-state index >= 15 is 0 Å². The van der Waals surface area contributed by atoms with E-state index in [0.717, 1.165) is 42.7 Å². The van der Waals surface area contributed by atoms with Crippen molar-refractivity contribution in [2.24, 2.45) is 0 Å². The molecule has 0 saturated carbocycles. The molecule has 4 rings (SSSR count).